The van der Waals surface area contributed by atoms with Gasteiger partial charge in [0, 0.05) is 22.7 Å². The lowest BCUT2D eigenvalue weighted by Gasteiger charge is -2.11. The SMILES string of the molecule is COc1cc([N+](=O)[O-])c(OC)cc1-c1nc2sc(C)cn2c1/C(N)=N/C(=N)N.Cl. The van der Waals surface area contributed by atoms with Crippen molar-refractivity contribution in [1.82, 2.24) is 9.38 Å². The summed E-state index contributed by atoms with van der Waals surface area (Å²) in [5.41, 5.74) is 12.4. The summed E-state index contributed by atoms with van der Waals surface area (Å²) in [6, 6.07) is 2.72. The molecule has 29 heavy (non-hydrogen) atoms. The van der Waals surface area contributed by atoms with Crippen LogP contribution in [0, 0.1) is 22.4 Å². The van der Waals surface area contributed by atoms with Crippen molar-refractivity contribution in [3.8, 4) is 22.8 Å². The molecular formula is C16H18ClN7O4S. The standard InChI is InChI=1S/C16H17N7O4S.ClH/c1-7-6-22-13(14(17)21-15(18)19)12(20-16(22)28-7)8-4-11(27-3)9(23(24)25)5-10(8)26-2;/h4-6H,1-3H3,(H5,17,18,19,21);1H. The highest BCUT2D eigenvalue weighted by Gasteiger charge is 2.26. The topological polar surface area (TPSA) is 167 Å². The minimum atomic E-state index is -0.563. The van der Waals surface area contributed by atoms with Crippen LogP contribution in [0.1, 0.15) is 10.6 Å². The number of halogens is 1. The molecule has 0 bridgehead atoms. The Bertz CT molecular complexity index is 1140. The Labute approximate surface area is 175 Å². The number of hydrogen-bond donors (Lipinski definition) is 3. The second kappa shape index (κ2) is 8.32. The lowest BCUT2D eigenvalue weighted by Crippen LogP contribution is -2.21. The third kappa shape index (κ3) is 3.93. The number of fused-ring (bicyclic) bond motifs is 1. The Morgan fingerprint density at radius 1 is 1.31 bits per heavy atom. The van der Waals surface area contributed by atoms with E-state index >= 15 is 0 Å². The zero-order valence-electron chi connectivity index (χ0n) is 15.6. The van der Waals surface area contributed by atoms with Gasteiger partial charge in [-0.25, -0.2) is 4.98 Å². The number of hydrogen-bond acceptors (Lipinski definition) is 7. The Hall–Kier alpha value is -3.38. The van der Waals surface area contributed by atoms with Crippen LogP contribution < -0.4 is 20.9 Å². The van der Waals surface area contributed by atoms with Crippen LogP contribution in [0.3, 0.4) is 0 Å². The monoisotopic (exact) mass is 439 g/mol. The molecule has 0 fully saturated rings. The van der Waals surface area contributed by atoms with E-state index in [2.05, 4.69) is 9.98 Å². The zero-order chi connectivity index (χ0) is 20.6. The van der Waals surface area contributed by atoms with Gasteiger partial charge in [-0.15, -0.1) is 23.7 Å². The number of aromatic nitrogens is 2. The third-order valence-corrected chi connectivity index (χ3v) is 4.78. The molecule has 3 aromatic rings. The Morgan fingerprint density at radius 3 is 2.52 bits per heavy atom. The molecule has 3 rings (SSSR count). The fraction of sp³-hybridized carbons (Fsp3) is 0.188. The van der Waals surface area contributed by atoms with Crippen molar-refractivity contribution in [2.24, 2.45) is 16.5 Å². The highest BCUT2D eigenvalue weighted by Crippen LogP contribution is 2.41. The van der Waals surface area contributed by atoms with E-state index < -0.39 is 10.9 Å². The molecule has 2 heterocycles. The maximum Gasteiger partial charge on any atom is 0.314 e. The number of benzene rings is 1. The molecule has 13 heteroatoms. The van der Waals surface area contributed by atoms with E-state index in [0.717, 1.165) is 4.88 Å². The maximum absolute atomic E-state index is 11.3. The average molecular weight is 440 g/mol. The lowest BCUT2D eigenvalue weighted by atomic mass is 10.1. The first-order valence-corrected chi connectivity index (χ1v) is 8.66. The van der Waals surface area contributed by atoms with E-state index in [1.165, 1.54) is 37.7 Å². The van der Waals surface area contributed by atoms with Gasteiger partial charge in [-0.3, -0.25) is 19.9 Å². The summed E-state index contributed by atoms with van der Waals surface area (Å²) in [6.07, 6.45) is 1.82. The number of amidine groups is 1. The number of aryl methyl sites for hydroxylation is 1. The number of rotatable bonds is 5. The molecule has 0 spiro atoms. The van der Waals surface area contributed by atoms with Gasteiger partial charge in [-0.2, -0.15) is 4.99 Å². The van der Waals surface area contributed by atoms with Crippen LogP contribution in [-0.2, 0) is 0 Å². The van der Waals surface area contributed by atoms with Crippen LogP contribution in [0.4, 0.5) is 5.69 Å². The second-order valence-electron chi connectivity index (χ2n) is 5.67. The molecule has 11 nitrogen and oxygen atoms in total. The molecule has 2 aromatic heterocycles. The van der Waals surface area contributed by atoms with Crippen LogP contribution in [-0.4, -0.2) is 40.3 Å². The van der Waals surface area contributed by atoms with Gasteiger partial charge in [0.1, 0.15) is 17.1 Å². The molecule has 0 atom stereocenters. The van der Waals surface area contributed by atoms with E-state index in [0.29, 0.717) is 21.9 Å². The number of ether oxygens (including phenoxy) is 2. The summed E-state index contributed by atoms with van der Waals surface area (Å²) in [5, 5.41) is 18.7. The number of guanidine groups is 1. The predicted octanol–water partition coefficient (Wildman–Crippen LogP) is 2.32. The third-order valence-electron chi connectivity index (χ3n) is 3.88. The van der Waals surface area contributed by atoms with Crippen LogP contribution in [0.5, 0.6) is 11.5 Å². The minimum Gasteiger partial charge on any atom is -0.496 e. The number of imidazole rings is 1. The average Bonchev–Trinajstić information content (AvgIpc) is 3.15. The number of methoxy groups -OCH3 is 2. The highest BCUT2D eigenvalue weighted by molar-refractivity contribution is 7.17. The summed E-state index contributed by atoms with van der Waals surface area (Å²) in [6.45, 7) is 1.91. The van der Waals surface area contributed by atoms with Gasteiger partial charge in [0.25, 0.3) is 0 Å². The number of thiazole rings is 1. The fourth-order valence-corrected chi connectivity index (χ4v) is 3.61. The number of nitro groups is 1. The van der Waals surface area contributed by atoms with E-state index in [4.69, 9.17) is 26.4 Å². The molecule has 5 N–H and O–H groups in total. The fourth-order valence-electron chi connectivity index (χ4n) is 2.78. The van der Waals surface area contributed by atoms with Crippen LogP contribution in [0.25, 0.3) is 16.2 Å². The second-order valence-corrected chi connectivity index (χ2v) is 6.88. The highest BCUT2D eigenvalue weighted by atomic mass is 35.5. The summed E-state index contributed by atoms with van der Waals surface area (Å²) >= 11 is 1.43. The summed E-state index contributed by atoms with van der Waals surface area (Å²) in [5.74, 6) is -0.223. The molecule has 0 aliphatic heterocycles. The molecule has 0 radical (unpaired) electrons. The number of nitro benzene ring substituents is 1. The molecule has 0 aliphatic rings. The van der Waals surface area contributed by atoms with Gasteiger partial charge < -0.3 is 20.9 Å². The molecule has 0 saturated heterocycles. The van der Waals surface area contributed by atoms with Crippen molar-refractivity contribution >= 4 is 46.2 Å². The molecular weight excluding hydrogens is 422 g/mol. The van der Waals surface area contributed by atoms with Gasteiger partial charge >= 0.3 is 5.69 Å². The first-order chi connectivity index (χ1) is 13.3. The molecule has 0 amide bonds. The summed E-state index contributed by atoms with van der Waals surface area (Å²) < 4.78 is 12.2. The number of nitrogens with one attached hydrogen (secondary N) is 1. The maximum atomic E-state index is 11.3. The van der Waals surface area contributed by atoms with E-state index in [1.807, 2.05) is 13.1 Å². The first kappa shape index (κ1) is 21.9. The Balaban J connectivity index is 0.00000300. The normalized spacial score (nSPS) is 11.2. The smallest absolute Gasteiger partial charge is 0.314 e. The zero-order valence-corrected chi connectivity index (χ0v) is 17.3. The molecule has 0 aliphatic carbocycles. The van der Waals surface area contributed by atoms with Gasteiger partial charge in [0.15, 0.2) is 16.5 Å². The van der Waals surface area contributed by atoms with Crippen molar-refractivity contribution in [1.29, 1.82) is 5.41 Å². The molecule has 0 saturated carbocycles. The lowest BCUT2D eigenvalue weighted by molar-refractivity contribution is -0.385. The van der Waals surface area contributed by atoms with Gasteiger partial charge in [0.2, 0.25) is 5.96 Å². The quantitative estimate of drug-likeness (QED) is 0.237. The predicted molar refractivity (Wildman–Crippen MR) is 113 cm³/mol. The molecule has 1 aromatic carbocycles. The van der Waals surface area contributed by atoms with E-state index in [-0.39, 0.29) is 35.4 Å². The summed E-state index contributed by atoms with van der Waals surface area (Å²) in [7, 11) is 2.73. The van der Waals surface area contributed by atoms with Crippen molar-refractivity contribution in [3.05, 3.63) is 39.0 Å². The van der Waals surface area contributed by atoms with Crippen molar-refractivity contribution in [3.63, 3.8) is 0 Å². The number of nitrogens with two attached hydrogens (primary N) is 2. The van der Waals surface area contributed by atoms with Crippen molar-refractivity contribution in [2.45, 2.75) is 6.92 Å². The Kier molecular flexibility index (Phi) is 6.29. The minimum absolute atomic E-state index is 0. The van der Waals surface area contributed by atoms with Crippen LogP contribution >= 0.6 is 23.7 Å². The van der Waals surface area contributed by atoms with Gasteiger partial charge in [-0.05, 0) is 6.92 Å². The van der Waals surface area contributed by atoms with Crippen LogP contribution in [0.2, 0.25) is 0 Å². The van der Waals surface area contributed by atoms with Gasteiger partial charge in [-0.1, -0.05) is 0 Å². The molecule has 0 unspecified atom stereocenters. The summed E-state index contributed by atoms with van der Waals surface area (Å²) in [4.78, 5) is 20.8. The van der Waals surface area contributed by atoms with E-state index in [9.17, 15) is 10.1 Å². The van der Waals surface area contributed by atoms with Crippen LogP contribution in [0.15, 0.2) is 23.3 Å². The Morgan fingerprint density at radius 2 is 1.97 bits per heavy atom. The number of aliphatic imine (C=N–C) groups is 1. The van der Waals surface area contributed by atoms with Crippen molar-refractivity contribution < 1.29 is 14.4 Å². The first-order valence-electron chi connectivity index (χ1n) is 7.84. The largest absolute Gasteiger partial charge is 0.496 e. The molecule has 154 valence electrons. The van der Waals surface area contributed by atoms with Crippen molar-refractivity contribution in [2.75, 3.05) is 14.2 Å². The van der Waals surface area contributed by atoms with Gasteiger partial charge in [0.05, 0.1) is 25.2 Å². The van der Waals surface area contributed by atoms with E-state index in [1.54, 1.807) is 4.40 Å². The number of nitrogens with zero attached hydrogens (tertiary/aromatic N) is 4.